The zero-order chi connectivity index (χ0) is 9.26. The second-order valence-electron chi connectivity index (χ2n) is 3.27. The first kappa shape index (κ1) is 11.4. The molecule has 1 unspecified atom stereocenters. The highest BCUT2D eigenvalue weighted by Gasteiger charge is 2.24. The van der Waals surface area contributed by atoms with Gasteiger partial charge in [0.1, 0.15) is 6.10 Å². The summed E-state index contributed by atoms with van der Waals surface area (Å²) >= 11 is 0. The van der Waals surface area contributed by atoms with Gasteiger partial charge >= 0.3 is 0 Å². The summed E-state index contributed by atoms with van der Waals surface area (Å²) in [6.45, 7) is 5.44. The van der Waals surface area contributed by atoms with Crippen molar-refractivity contribution < 1.29 is 9.26 Å². The Morgan fingerprint density at radius 3 is 2.79 bits per heavy atom. The molecule has 5 nitrogen and oxygen atoms in total. The molecule has 2 atom stereocenters. The van der Waals surface area contributed by atoms with Crippen molar-refractivity contribution in [1.82, 2.24) is 15.5 Å². The maximum absolute atomic E-state index is 5.63. The van der Waals surface area contributed by atoms with Crippen LogP contribution in [-0.4, -0.2) is 29.3 Å². The Bertz CT molecular complexity index is 292. The molecule has 0 amide bonds. The van der Waals surface area contributed by atoms with E-state index in [1.165, 1.54) is 0 Å². The van der Waals surface area contributed by atoms with Crippen LogP contribution >= 0.6 is 12.4 Å². The summed E-state index contributed by atoms with van der Waals surface area (Å²) in [5.74, 6) is 1.22. The molecule has 1 N–H and O–H groups in total. The quantitative estimate of drug-likeness (QED) is 0.759. The predicted octanol–water partition coefficient (Wildman–Crippen LogP) is 0.849. The molecule has 0 bridgehead atoms. The molecule has 14 heavy (non-hydrogen) atoms. The normalized spacial score (nSPS) is 27.0. The van der Waals surface area contributed by atoms with Gasteiger partial charge in [0.25, 0.3) is 5.89 Å². The van der Waals surface area contributed by atoms with E-state index in [-0.39, 0.29) is 24.6 Å². The van der Waals surface area contributed by atoms with E-state index in [2.05, 4.69) is 15.5 Å². The minimum absolute atomic E-state index is 0. The van der Waals surface area contributed by atoms with E-state index in [1.54, 1.807) is 6.92 Å². The zero-order valence-electron chi connectivity index (χ0n) is 8.19. The molecule has 6 heteroatoms. The first-order valence-corrected chi connectivity index (χ1v) is 4.42. The second-order valence-corrected chi connectivity index (χ2v) is 3.27. The molecule has 1 aliphatic heterocycles. The fraction of sp³-hybridized carbons (Fsp3) is 0.750. The molecule has 2 heterocycles. The van der Waals surface area contributed by atoms with E-state index in [9.17, 15) is 0 Å². The van der Waals surface area contributed by atoms with E-state index in [1.807, 2.05) is 6.92 Å². The van der Waals surface area contributed by atoms with Crippen LogP contribution in [0.2, 0.25) is 0 Å². The smallest absolute Gasteiger partial charge is 0.257 e. The molecule has 1 aliphatic rings. The molecule has 1 aromatic rings. The highest BCUT2D eigenvalue weighted by molar-refractivity contribution is 5.85. The van der Waals surface area contributed by atoms with Crippen LogP contribution in [-0.2, 0) is 4.74 Å². The van der Waals surface area contributed by atoms with Gasteiger partial charge in [-0.3, -0.25) is 0 Å². The molecule has 2 rings (SSSR count). The molecule has 80 valence electrons. The van der Waals surface area contributed by atoms with Crippen LogP contribution < -0.4 is 5.32 Å². The standard InChI is InChI=1S/C8H13N3O2.ClH/c1-5-3-9-4-7(12-5)8-10-6(2)11-13-8;/h5,7,9H,3-4H2,1-2H3;1H/t5-,7?;/m1./s1. The fourth-order valence-electron chi connectivity index (χ4n) is 1.38. The second kappa shape index (κ2) is 4.72. The molecule has 0 spiro atoms. The zero-order valence-corrected chi connectivity index (χ0v) is 9.00. The molecule has 0 radical (unpaired) electrons. The van der Waals surface area contributed by atoms with Crippen molar-refractivity contribution in [2.75, 3.05) is 13.1 Å². The Labute approximate surface area is 88.6 Å². The third-order valence-electron chi connectivity index (χ3n) is 1.98. The summed E-state index contributed by atoms with van der Waals surface area (Å²) in [5, 5.41) is 6.96. The summed E-state index contributed by atoms with van der Waals surface area (Å²) in [4.78, 5) is 4.13. The van der Waals surface area contributed by atoms with E-state index in [0.29, 0.717) is 11.7 Å². The number of morpholine rings is 1. The maximum Gasteiger partial charge on any atom is 0.257 e. The summed E-state index contributed by atoms with van der Waals surface area (Å²) in [6, 6.07) is 0. The van der Waals surface area contributed by atoms with Crippen molar-refractivity contribution in [1.29, 1.82) is 0 Å². The highest BCUT2D eigenvalue weighted by Crippen LogP contribution is 2.18. The fourth-order valence-corrected chi connectivity index (χ4v) is 1.38. The number of aromatic nitrogens is 2. The van der Waals surface area contributed by atoms with Crippen LogP contribution in [0.4, 0.5) is 0 Å². The first-order chi connectivity index (χ1) is 6.25. The number of nitrogens with zero attached hydrogens (tertiary/aromatic N) is 2. The third kappa shape index (κ3) is 2.43. The number of aryl methyl sites for hydroxylation is 1. The van der Waals surface area contributed by atoms with Gasteiger partial charge in [0, 0.05) is 13.1 Å². The number of rotatable bonds is 1. The van der Waals surface area contributed by atoms with Crippen molar-refractivity contribution in [3.05, 3.63) is 11.7 Å². The van der Waals surface area contributed by atoms with Crippen molar-refractivity contribution >= 4 is 12.4 Å². The molecule has 0 aliphatic carbocycles. The van der Waals surface area contributed by atoms with Gasteiger partial charge in [-0.15, -0.1) is 12.4 Å². The predicted molar refractivity (Wildman–Crippen MR) is 52.4 cm³/mol. The van der Waals surface area contributed by atoms with Gasteiger partial charge in [0.05, 0.1) is 6.10 Å². The SMILES string of the molecule is Cc1noc(C2CNC[C@@H](C)O2)n1.Cl. The monoisotopic (exact) mass is 219 g/mol. The van der Waals surface area contributed by atoms with E-state index >= 15 is 0 Å². The first-order valence-electron chi connectivity index (χ1n) is 4.42. The Morgan fingerprint density at radius 2 is 2.21 bits per heavy atom. The lowest BCUT2D eigenvalue weighted by Gasteiger charge is -2.25. The molecule has 0 aromatic carbocycles. The minimum Gasteiger partial charge on any atom is -0.363 e. The highest BCUT2D eigenvalue weighted by atomic mass is 35.5. The van der Waals surface area contributed by atoms with Crippen molar-refractivity contribution in [2.45, 2.75) is 26.1 Å². The lowest BCUT2D eigenvalue weighted by molar-refractivity contribution is -0.0438. The molecule has 1 aromatic heterocycles. The molecule has 1 saturated heterocycles. The number of nitrogens with one attached hydrogen (secondary N) is 1. The van der Waals surface area contributed by atoms with Crippen LogP contribution in [0.15, 0.2) is 4.52 Å². The number of ether oxygens (including phenoxy) is 1. The number of hydrogen-bond acceptors (Lipinski definition) is 5. The van der Waals surface area contributed by atoms with Crippen LogP contribution in [0.3, 0.4) is 0 Å². The number of halogens is 1. The van der Waals surface area contributed by atoms with Gasteiger partial charge < -0.3 is 14.6 Å². The largest absolute Gasteiger partial charge is 0.363 e. The van der Waals surface area contributed by atoms with Crippen molar-refractivity contribution in [3.63, 3.8) is 0 Å². The van der Waals surface area contributed by atoms with Crippen molar-refractivity contribution in [2.24, 2.45) is 0 Å². The average Bonchev–Trinajstić information content (AvgIpc) is 2.52. The Morgan fingerprint density at radius 1 is 1.43 bits per heavy atom. The van der Waals surface area contributed by atoms with Gasteiger partial charge in [-0.05, 0) is 13.8 Å². The van der Waals surface area contributed by atoms with Crippen molar-refractivity contribution in [3.8, 4) is 0 Å². The Balaban J connectivity index is 0.000000980. The van der Waals surface area contributed by atoms with E-state index in [0.717, 1.165) is 13.1 Å². The lowest BCUT2D eigenvalue weighted by Crippen LogP contribution is -2.39. The van der Waals surface area contributed by atoms with Gasteiger partial charge in [-0.25, -0.2) is 0 Å². The molecular weight excluding hydrogens is 206 g/mol. The summed E-state index contributed by atoms with van der Waals surface area (Å²) in [5.41, 5.74) is 0. The summed E-state index contributed by atoms with van der Waals surface area (Å²) in [6.07, 6.45) is 0.107. The third-order valence-corrected chi connectivity index (χ3v) is 1.98. The van der Waals surface area contributed by atoms with E-state index < -0.39 is 0 Å². The lowest BCUT2D eigenvalue weighted by atomic mass is 10.2. The molecular formula is C8H14ClN3O2. The summed E-state index contributed by atoms with van der Waals surface area (Å²) in [7, 11) is 0. The number of hydrogen-bond donors (Lipinski definition) is 1. The molecule has 1 fully saturated rings. The van der Waals surface area contributed by atoms with Gasteiger partial charge in [0.2, 0.25) is 0 Å². The summed E-state index contributed by atoms with van der Waals surface area (Å²) < 4.78 is 10.7. The minimum atomic E-state index is -0.0926. The van der Waals surface area contributed by atoms with Crippen LogP contribution in [0.5, 0.6) is 0 Å². The van der Waals surface area contributed by atoms with Gasteiger partial charge in [-0.1, -0.05) is 5.16 Å². The van der Waals surface area contributed by atoms with Crippen LogP contribution in [0.1, 0.15) is 24.7 Å². The topological polar surface area (TPSA) is 60.2 Å². The average molecular weight is 220 g/mol. The van der Waals surface area contributed by atoms with Crippen LogP contribution in [0.25, 0.3) is 0 Å². The van der Waals surface area contributed by atoms with Crippen LogP contribution in [0, 0.1) is 6.92 Å². The maximum atomic E-state index is 5.63. The van der Waals surface area contributed by atoms with Gasteiger partial charge in [0.15, 0.2) is 5.82 Å². The Kier molecular flexibility index (Phi) is 3.86. The van der Waals surface area contributed by atoms with E-state index in [4.69, 9.17) is 9.26 Å². The van der Waals surface area contributed by atoms with Gasteiger partial charge in [-0.2, -0.15) is 4.98 Å². The Hall–Kier alpha value is -0.650. The molecule has 0 saturated carbocycles.